The number of nitrogens with one attached hydrogen (secondary N) is 2. The van der Waals surface area contributed by atoms with Crippen molar-refractivity contribution in [3.05, 3.63) is 78.1 Å². The van der Waals surface area contributed by atoms with Gasteiger partial charge in [0, 0.05) is 38.7 Å². The fourth-order valence-corrected chi connectivity index (χ4v) is 2.97. The van der Waals surface area contributed by atoms with E-state index in [0.717, 1.165) is 49.1 Å². The molecule has 2 N–H and O–H groups in total. The summed E-state index contributed by atoms with van der Waals surface area (Å²) in [6.07, 6.45) is 4.64. The Hall–Kier alpha value is -2.59. The summed E-state index contributed by atoms with van der Waals surface area (Å²) in [4.78, 5) is 4.74. The molecule has 0 aliphatic rings. The third-order valence-corrected chi connectivity index (χ3v) is 4.71. The molecule has 172 valence electrons. The van der Waals surface area contributed by atoms with Crippen molar-refractivity contribution in [3.8, 4) is 11.4 Å². The van der Waals surface area contributed by atoms with Gasteiger partial charge in [-0.2, -0.15) is 5.10 Å². The normalized spacial score (nSPS) is 11.0. The van der Waals surface area contributed by atoms with Crippen molar-refractivity contribution in [1.82, 2.24) is 20.4 Å². The summed E-state index contributed by atoms with van der Waals surface area (Å²) in [7, 11) is 1.67. The number of hydrogen-bond acceptors (Lipinski definition) is 4. The lowest BCUT2D eigenvalue weighted by atomic mass is 10.2. The van der Waals surface area contributed by atoms with Crippen LogP contribution in [0.3, 0.4) is 0 Å². The molecule has 0 fully saturated rings. The Labute approximate surface area is 207 Å². The highest BCUT2D eigenvalue weighted by Crippen LogP contribution is 2.12. The number of benzene rings is 2. The van der Waals surface area contributed by atoms with Crippen molar-refractivity contribution in [3.63, 3.8) is 0 Å². The summed E-state index contributed by atoms with van der Waals surface area (Å²) < 4.78 is 12.5. The second-order valence-electron chi connectivity index (χ2n) is 6.96. The van der Waals surface area contributed by atoms with Crippen LogP contribution < -0.4 is 15.4 Å². The first-order chi connectivity index (χ1) is 15.3. The molecule has 7 nitrogen and oxygen atoms in total. The van der Waals surface area contributed by atoms with Gasteiger partial charge in [0.2, 0.25) is 0 Å². The minimum absolute atomic E-state index is 0. The van der Waals surface area contributed by atoms with Crippen LogP contribution in [0.2, 0.25) is 0 Å². The summed E-state index contributed by atoms with van der Waals surface area (Å²) in [6, 6.07) is 18.2. The molecule has 0 aliphatic carbocycles. The third kappa shape index (κ3) is 8.51. The van der Waals surface area contributed by atoms with E-state index in [-0.39, 0.29) is 24.0 Å². The van der Waals surface area contributed by atoms with Crippen molar-refractivity contribution in [2.45, 2.75) is 26.4 Å². The SMILES string of the molecule is CCOCCCNC(=NCc1ccc(OC)cc1)NCc1ccc(-n2cccn2)cc1.I. The van der Waals surface area contributed by atoms with Crippen molar-refractivity contribution in [2.75, 3.05) is 26.9 Å². The molecule has 0 bridgehead atoms. The summed E-state index contributed by atoms with van der Waals surface area (Å²) in [5.41, 5.74) is 3.33. The number of aliphatic imine (C=N–C) groups is 1. The van der Waals surface area contributed by atoms with Crippen LogP contribution in [0.25, 0.3) is 5.69 Å². The molecule has 1 aromatic heterocycles. The molecule has 0 amide bonds. The van der Waals surface area contributed by atoms with Crippen LogP contribution in [0.4, 0.5) is 0 Å². The minimum atomic E-state index is 0. The Balaban J connectivity index is 0.00000363. The van der Waals surface area contributed by atoms with E-state index in [2.05, 4.69) is 40.0 Å². The second kappa shape index (κ2) is 14.5. The average molecular weight is 549 g/mol. The summed E-state index contributed by atoms with van der Waals surface area (Å²) in [5.74, 6) is 1.63. The summed E-state index contributed by atoms with van der Waals surface area (Å²) >= 11 is 0. The van der Waals surface area contributed by atoms with E-state index in [0.29, 0.717) is 13.1 Å². The molecule has 8 heteroatoms. The minimum Gasteiger partial charge on any atom is -0.497 e. The van der Waals surface area contributed by atoms with Gasteiger partial charge >= 0.3 is 0 Å². The van der Waals surface area contributed by atoms with E-state index in [1.807, 2.05) is 48.1 Å². The summed E-state index contributed by atoms with van der Waals surface area (Å²) in [5, 5.41) is 11.1. The number of halogens is 1. The summed E-state index contributed by atoms with van der Waals surface area (Å²) in [6.45, 7) is 5.55. The number of methoxy groups -OCH3 is 1. The van der Waals surface area contributed by atoms with Crippen LogP contribution >= 0.6 is 24.0 Å². The number of aromatic nitrogens is 2. The lowest BCUT2D eigenvalue weighted by Gasteiger charge is -2.13. The van der Waals surface area contributed by atoms with Gasteiger partial charge in [0.15, 0.2) is 5.96 Å². The smallest absolute Gasteiger partial charge is 0.191 e. The molecular weight excluding hydrogens is 517 g/mol. The highest BCUT2D eigenvalue weighted by atomic mass is 127. The number of nitrogens with zero attached hydrogens (tertiary/aromatic N) is 3. The first-order valence-electron chi connectivity index (χ1n) is 10.6. The van der Waals surface area contributed by atoms with Crippen molar-refractivity contribution >= 4 is 29.9 Å². The maximum Gasteiger partial charge on any atom is 0.191 e. The van der Waals surface area contributed by atoms with E-state index < -0.39 is 0 Å². The van der Waals surface area contributed by atoms with Gasteiger partial charge in [-0.05, 0) is 54.8 Å². The highest BCUT2D eigenvalue weighted by molar-refractivity contribution is 14.0. The number of ether oxygens (including phenoxy) is 2. The molecular formula is C24H32IN5O2. The lowest BCUT2D eigenvalue weighted by molar-refractivity contribution is 0.145. The molecule has 3 aromatic rings. The molecule has 0 unspecified atom stereocenters. The van der Waals surface area contributed by atoms with Crippen LogP contribution in [0, 0.1) is 0 Å². The Kier molecular flexibility index (Phi) is 11.6. The van der Waals surface area contributed by atoms with E-state index in [1.165, 1.54) is 5.56 Å². The predicted octanol–water partition coefficient (Wildman–Crippen LogP) is 4.16. The molecule has 1 heterocycles. The monoisotopic (exact) mass is 549 g/mol. The second-order valence-corrected chi connectivity index (χ2v) is 6.96. The standard InChI is InChI=1S/C24H31N5O2.HI/c1-3-31-17-5-14-25-24(27-19-21-8-12-23(30-2)13-9-21)26-18-20-6-10-22(11-7-20)29-16-4-15-28-29;/h4,6-13,15-16H,3,5,14,17-19H2,1-2H3,(H2,25,26,27);1H. The average Bonchev–Trinajstić information content (AvgIpc) is 3.36. The molecule has 0 aliphatic heterocycles. The quantitative estimate of drug-likeness (QED) is 0.163. The zero-order valence-corrected chi connectivity index (χ0v) is 21.0. The van der Waals surface area contributed by atoms with Crippen LogP contribution in [0.5, 0.6) is 5.75 Å². The molecule has 0 atom stereocenters. The van der Waals surface area contributed by atoms with Gasteiger partial charge in [-0.25, -0.2) is 9.67 Å². The largest absolute Gasteiger partial charge is 0.497 e. The molecule has 32 heavy (non-hydrogen) atoms. The lowest BCUT2D eigenvalue weighted by Crippen LogP contribution is -2.37. The molecule has 2 aromatic carbocycles. The van der Waals surface area contributed by atoms with Gasteiger partial charge < -0.3 is 20.1 Å². The van der Waals surface area contributed by atoms with E-state index in [1.54, 1.807) is 13.3 Å². The maximum absolute atomic E-state index is 5.42. The maximum atomic E-state index is 5.42. The van der Waals surface area contributed by atoms with Gasteiger partial charge in [-0.3, -0.25) is 0 Å². The van der Waals surface area contributed by atoms with Crippen molar-refractivity contribution in [1.29, 1.82) is 0 Å². The fourth-order valence-electron chi connectivity index (χ4n) is 2.97. The molecule has 3 rings (SSSR count). The number of hydrogen-bond donors (Lipinski definition) is 2. The Bertz CT molecular complexity index is 913. The Morgan fingerprint density at radius 3 is 2.44 bits per heavy atom. The van der Waals surface area contributed by atoms with Gasteiger partial charge in [-0.1, -0.05) is 24.3 Å². The Morgan fingerprint density at radius 2 is 1.78 bits per heavy atom. The first kappa shape index (κ1) is 25.7. The zero-order chi connectivity index (χ0) is 21.7. The first-order valence-corrected chi connectivity index (χ1v) is 10.6. The fraction of sp³-hybridized carbons (Fsp3) is 0.333. The van der Waals surface area contributed by atoms with E-state index in [4.69, 9.17) is 14.5 Å². The molecule has 0 radical (unpaired) electrons. The number of guanidine groups is 1. The van der Waals surface area contributed by atoms with Crippen LogP contribution in [-0.4, -0.2) is 42.6 Å². The van der Waals surface area contributed by atoms with Gasteiger partial charge in [0.1, 0.15) is 5.75 Å². The molecule has 0 saturated carbocycles. The predicted molar refractivity (Wildman–Crippen MR) is 139 cm³/mol. The molecule has 0 spiro atoms. The van der Waals surface area contributed by atoms with E-state index >= 15 is 0 Å². The Morgan fingerprint density at radius 1 is 1.03 bits per heavy atom. The van der Waals surface area contributed by atoms with Gasteiger partial charge in [-0.15, -0.1) is 24.0 Å². The van der Waals surface area contributed by atoms with Crippen LogP contribution in [0.1, 0.15) is 24.5 Å². The van der Waals surface area contributed by atoms with E-state index in [9.17, 15) is 0 Å². The van der Waals surface area contributed by atoms with Crippen LogP contribution in [-0.2, 0) is 17.8 Å². The highest BCUT2D eigenvalue weighted by Gasteiger charge is 2.02. The third-order valence-electron chi connectivity index (χ3n) is 4.71. The zero-order valence-electron chi connectivity index (χ0n) is 18.7. The van der Waals surface area contributed by atoms with Crippen LogP contribution in [0.15, 0.2) is 72.0 Å². The number of rotatable bonds is 11. The van der Waals surface area contributed by atoms with Crippen molar-refractivity contribution in [2.24, 2.45) is 4.99 Å². The molecule has 0 saturated heterocycles. The van der Waals surface area contributed by atoms with Crippen molar-refractivity contribution < 1.29 is 9.47 Å². The topological polar surface area (TPSA) is 72.7 Å². The van der Waals surface area contributed by atoms with Gasteiger partial charge in [0.25, 0.3) is 0 Å². The van der Waals surface area contributed by atoms with Gasteiger partial charge in [0.05, 0.1) is 19.3 Å².